The maximum absolute atomic E-state index is 4.43. The van der Waals surface area contributed by atoms with E-state index in [2.05, 4.69) is 32.5 Å². The topological polar surface area (TPSA) is 66.0 Å². The molecule has 0 bridgehead atoms. The minimum absolute atomic E-state index is 0.650. The maximum atomic E-state index is 4.43. The third-order valence-corrected chi connectivity index (χ3v) is 3.62. The summed E-state index contributed by atoms with van der Waals surface area (Å²) in [4.78, 5) is 15.1. The van der Waals surface area contributed by atoms with Gasteiger partial charge in [-0.25, -0.2) is 0 Å². The molecule has 0 saturated heterocycles. The molecule has 6 nitrogen and oxygen atoms in total. The summed E-state index contributed by atoms with van der Waals surface area (Å²) < 4.78 is 0. The summed E-state index contributed by atoms with van der Waals surface area (Å²) in [5.41, 5.74) is 0. The van der Waals surface area contributed by atoms with Crippen LogP contribution in [0, 0.1) is 5.92 Å². The molecule has 0 amide bonds. The number of nitrogens with zero attached hydrogens (tertiary/aromatic N) is 4. The van der Waals surface area contributed by atoms with Gasteiger partial charge in [0.2, 0.25) is 17.8 Å². The van der Waals surface area contributed by atoms with Crippen LogP contribution in [-0.4, -0.2) is 42.1 Å². The third-order valence-electron chi connectivity index (χ3n) is 3.62. The van der Waals surface area contributed by atoms with Crippen LogP contribution >= 0.6 is 0 Å². The minimum atomic E-state index is 0.650. The van der Waals surface area contributed by atoms with Gasteiger partial charge in [0.05, 0.1) is 0 Å². The van der Waals surface area contributed by atoms with E-state index >= 15 is 0 Å². The van der Waals surface area contributed by atoms with Crippen molar-refractivity contribution in [2.75, 3.05) is 42.7 Å². The van der Waals surface area contributed by atoms with E-state index in [9.17, 15) is 0 Å². The van der Waals surface area contributed by atoms with Crippen molar-refractivity contribution in [3.63, 3.8) is 0 Å². The number of anilines is 3. The Morgan fingerprint density at radius 2 is 1.70 bits per heavy atom. The van der Waals surface area contributed by atoms with E-state index < -0.39 is 0 Å². The van der Waals surface area contributed by atoms with E-state index in [-0.39, 0.29) is 0 Å². The fourth-order valence-corrected chi connectivity index (χ4v) is 2.13. The first-order valence-electron chi connectivity index (χ1n) is 7.60. The monoisotopic (exact) mass is 278 g/mol. The minimum Gasteiger partial charge on any atom is -0.354 e. The van der Waals surface area contributed by atoms with Crippen molar-refractivity contribution >= 4 is 17.8 Å². The Morgan fingerprint density at radius 3 is 2.20 bits per heavy atom. The van der Waals surface area contributed by atoms with E-state index in [1.807, 2.05) is 19.0 Å². The lowest BCUT2D eigenvalue weighted by atomic mass is 9.83. The first-order valence-corrected chi connectivity index (χ1v) is 7.60. The lowest BCUT2D eigenvalue weighted by Gasteiger charge is -2.25. The number of rotatable bonds is 8. The molecule has 2 rings (SSSR count). The second-order valence-electron chi connectivity index (χ2n) is 5.62. The molecule has 0 radical (unpaired) electrons. The molecule has 6 heteroatoms. The molecule has 0 aromatic carbocycles. The van der Waals surface area contributed by atoms with Gasteiger partial charge in [0.1, 0.15) is 0 Å². The van der Waals surface area contributed by atoms with Crippen LogP contribution in [0.3, 0.4) is 0 Å². The Balaban J connectivity index is 1.95. The lowest BCUT2D eigenvalue weighted by Crippen LogP contribution is -2.19. The first kappa shape index (κ1) is 14.8. The largest absolute Gasteiger partial charge is 0.354 e. The second kappa shape index (κ2) is 7.26. The fourth-order valence-electron chi connectivity index (χ4n) is 2.13. The maximum Gasteiger partial charge on any atom is 0.231 e. The standard InChI is InChI=1S/C14H26N6/c1-4-9-15-12-17-13(19-14(18-12)20(2)3)16-10-8-11-6-5-7-11/h11H,4-10H2,1-3H3,(H2,15,16,17,18,19). The predicted octanol–water partition coefficient (Wildman–Crippen LogP) is 2.36. The van der Waals surface area contributed by atoms with Crippen LogP contribution in [0.25, 0.3) is 0 Å². The molecule has 0 aliphatic heterocycles. The molecule has 0 unspecified atom stereocenters. The van der Waals surface area contributed by atoms with Crippen LogP contribution in [0.2, 0.25) is 0 Å². The van der Waals surface area contributed by atoms with Crippen molar-refractivity contribution in [2.45, 2.75) is 39.0 Å². The highest BCUT2D eigenvalue weighted by Gasteiger charge is 2.16. The smallest absolute Gasteiger partial charge is 0.231 e. The summed E-state index contributed by atoms with van der Waals surface area (Å²) in [6, 6.07) is 0. The van der Waals surface area contributed by atoms with Gasteiger partial charge in [0, 0.05) is 27.2 Å². The zero-order valence-electron chi connectivity index (χ0n) is 12.8. The summed E-state index contributed by atoms with van der Waals surface area (Å²) in [6.07, 6.45) is 6.41. The molecule has 112 valence electrons. The average Bonchev–Trinajstić information content (AvgIpc) is 2.39. The van der Waals surface area contributed by atoms with Gasteiger partial charge in [-0.15, -0.1) is 0 Å². The quantitative estimate of drug-likeness (QED) is 0.761. The van der Waals surface area contributed by atoms with Crippen molar-refractivity contribution in [1.29, 1.82) is 0 Å². The van der Waals surface area contributed by atoms with E-state index in [0.29, 0.717) is 17.8 Å². The Hall–Kier alpha value is -1.59. The molecule has 1 saturated carbocycles. The summed E-state index contributed by atoms with van der Waals surface area (Å²) in [6.45, 7) is 3.94. The fraction of sp³-hybridized carbons (Fsp3) is 0.786. The van der Waals surface area contributed by atoms with Crippen molar-refractivity contribution in [1.82, 2.24) is 15.0 Å². The third kappa shape index (κ3) is 4.21. The SMILES string of the molecule is CCCNc1nc(NCCC2CCC2)nc(N(C)C)n1. The van der Waals surface area contributed by atoms with E-state index in [1.54, 1.807) is 0 Å². The van der Waals surface area contributed by atoms with Crippen LogP contribution in [0.5, 0.6) is 0 Å². The van der Waals surface area contributed by atoms with Gasteiger partial charge in [0.15, 0.2) is 0 Å². The van der Waals surface area contributed by atoms with Crippen LogP contribution in [-0.2, 0) is 0 Å². The van der Waals surface area contributed by atoms with Crippen molar-refractivity contribution in [3.05, 3.63) is 0 Å². The Labute approximate surface area is 121 Å². The number of nitrogens with one attached hydrogen (secondary N) is 2. The molecule has 1 aromatic heterocycles. The molecule has 20 heavy (non-hydrogen) atoms. The van der Waals surface area contributed by atoms with Crippen molar-refractivity contribution in [3.8, 4) is 0 Å². The highest BCUT2D eigenvalue weighted by Crippen LogP contribution is 2.29. The molecule has 1 aliphatic rings. The molecule has 1 heterocycles. The van der Waals surface area contributed by atoms with Gasteiger partial charge in [-0.1, -0.05) is 26.2 Å². The van der Waals surface area contributed by atoms with Gasteiger partial charge < -0.3 is 15.5 Å². The van der Waals surface area contributed by atoms with Crippen LogP contribution in [0.1, 0.15) is 39.0 Å². The average molecular weight is 278 g/mol. The molecule has 1 fully saturated rings. The van der Waals surface area contributed by atoms with Crippen LogP contribution in [0.4, 0.5) is 17.8 Å². The molecule has 0 atom stereocenters. The van der Waals surface area contributed by atoms with Gasteiger partial charge >= 0.3 is 0 Å². The van der Waals surface area contributed by atoms with E-state index in [0.717, 1.165) is 25.4 Å². The zero-order valence-corrected chi connectivity index (χ0v) is 12.8. The van der Waals surface area contributed by atoms with Crippen LogP contribution < -0.4 is 15.5 Å². The van der Waals surface area contributed by atoms with Crippen LogP contribution in [0.15, 0.2) is 0 Å². The Kier molecular flexibility index (Phi) is 5.38. The van der Waals surface area contributed by atoms with Gasteiger partial charge in [-0.2, -0.15) is 15.0 Å². The Morgan fingerprint density at radius 1 is 1.05 bits per heavy atom. The molecule has 2 N–H and O–H groups in total. The number of aromatic nitrogens is 3. The summed E-state index contributed by atoms with van der Waals surface area (Å²) >= 11 is 0. The normalized spacial score (nSPS) is 14.8. The van der Waals surface area contributed by atoms with Gasteiger partial charge in [0.25, 0.3) is 0 Å². The van der Waals surface area contributed by atoms with Gasteiger partial charge in [-0.3, -0.25) is 0 Å². The van der Waals surface area contributed by atoms with E-state index in [1.165, 1.54) is 25.7 Å². The number of hydrogen-bond acceptors (Lipinski definition) is 6. The molecule has 1 aliphatic carbocycles. The second-order valence-corrected chi connectivity index (χ2v) is 5.62. The molecule has 1 aromatic rings. The lowest BCUT2D eigenvalue weighted by molar-refractivity contribution is 0.303. The highest BCUT2D eigenvalue weighted by molar-refractivity contribution is 5.42. The highest BCUT2D eigenvalue weighted by atomic mass is 15.3. The summed E-state index contributed by atoms with van der Waals surface area (Å²) in [7, 11) is 3.88. The van der Waals surface area contributed by atoms with E-state index in [4.69, 9.17) is 0 Å². The summed E-state index contributed by atoms with van der Waals surface area (Å²) in [5.74, 6) is 2.90. The molecular formula is C14H26N6. The zero-order chi connectivity index (χ0) is 14.4. The van der Waals surface area contributed by atoms with Crippen molar-refractivity contribution < 1.29 is 0 Å². The van der Waals surface area contributed by atoms with Gasteiger partial charge in [-0.05, 0) is 18.8 Å². The molecular weight excluding hydrogens is 252 g/mol. The first-order chi connectivity index (χ1) is 9.69. The summed E-state index contributed by atoms with van der Waals surface area (Å²) in [5, 5.41) is 6.55. The Bertz CT molecular complexity index is 416. The predicted molar refractivity (Wildman–Crippen MR) is 83.4 cm³/mol. The number of hydrogen-bond donors (Lipinski definition) is 2. The van der Waals surface area contributed by atoms with Crippen molar-refractivity contribution in [2.24, 2.45) is 5.92 Å². The molecule has 0 spiro atoms.